The lowest BCUT2D eigenvalue weighted by Gasteiger charge is -2.30. The number of nitro benzene ring substituents is 1. The van der Waals surface area contributed by atoms with E-state index in [4.69, 9.17) is 4.74 Å². The molecule has 0 spiro atoms. The van der Waals surface area contributed by atoms with Crippen molar-refractivity contribution in [3.05, 3.63) is 27.8 Å². The number of amides is 1. The highest BCUT2D eigenvalue weighted by Crippen LogP contribution is 2.38. The zero-order valence-electron chi connectivity index (χ0n) is 13.2. The smallest absolute Gasteiger partial charge is 0.313 e. The highest BCUT2D eigenvalue weighted by Gasteiger charge is 2.28. The summed E-state index contributed by atoms with van der Waals surface area (Å²) in [6.45, 7) is 3.02. The largest absolute Gasteiger partial charge is 0.487 e. The van der Waals surface area contributed by atoms with Crippen molar-refractivity contribution in [1.82, 2.24) is 4.90 Å². The minimum Gasteiger partial charge on any atom is -0.487 e. The molecule has 1 heterocycles. The molecule has 1 amide bonds. The second-order valence-electron chi connectivity index (χ2n) is 5.53. The van der Waals surface area contributed by atoms with Crippen molar-refractivity contribution < 1.29 is 14.5 Å². The Kier molecular flexibility index (Phi) is 4.97. The van der Waals surface area contributed by atoms with Gasteiger partial charge in [-0.2, -0.15) is 0 Å². The topological polar surface area (TPSA) is 75.9 Å². The van der Waals surface area contributed by atoms with Gasteiger partial charge in [-0.3, -0.25) is 14.9 Å². The van der Waals surface area contributed by atoms with Crippen molar-refractivity contribution in [3.8, 4) is 5.75 Å². The molecule has 2 rings (SSSR count). The number of carbonyl (C=O) groups excluding carboxylic acids is 1. The maximum Gasteiger partial charge on any atom is 0.313 e. The van der Waals surface area contributed by atoms with E-state index < -0.39 is 4.92 Å². The van der Waals surface area contributed by atoms with Gasteiger partial charge in [0.2, 0.25) is 5.91 Å². The van der Waals surface area contributed by atoms with Gasteiger partial charge in [0.1, 0.15) is 0 Å². The lowest BCUT2D eigenvalue weighted by Crippen LogP contribution is -2.40. The molecular weight excluding hydrogens is 286 g/mol. The number of hydrogen-bond acceptors (Lipinski definition) is 5. The van der Waals surface area contributed by atoms with E-state index >= 15 is 0 Å². The van der Waals surface area contributed by atoms with Crippen molar-refractivity contribution in [2.45, 2.75) is 19.8 Å². The van der Waals surface area contributed by atoms with Gasteiger partial charge < -0.3 is 14.5 Å². The molecule has 0 saturated heterocycles. The first-order chi connectivity index (χ1) is 10.4. The molecule has 1 aliphatic heterocycles. The number of hydrogen-bond donors (Lipinski definition) is 0. The van der Waals surface area contributed by atoms with E-state index in [0.29, 0.717) is 18.8 Å². The predicted molar refractivity (Wildman–Crippen MR) is 83.5 cm³/mol. The molecule has 7 nitrogen and oxygen atoms in total. The molecule has 0 atom stereocenters. The van der Waals surface area contributed by atoms with Crippen molar-refractivity contribution in [2.24, 2.45) is 0 Å². The molecule has 7 heteroatoms. The van der Waals surface area contributed by atoms with Crippen LogP contribution in [-0.2, 0) is 11.2 Å². The van der Waals surface area contributed by atoms with E-state index in [-0.39, 0.29) is 23.9 Å². The number of nitrogens with zero attached hydrogens (tertiary/aromatic N) is 3. The van der Waals surface area contributed by atoms with Gasteiger partial charge in [-0.15, -0.1) is 0 Å². The number of benzene rings is 1. The number of fused-ring (bicyclic) bond motifs is 1. The van der Waals surface area contributed by atoms with Crippen LogP contribution >= 0.6 is 0 Å². The second-order valence-corrected chi connectivity index (χ2v) is 5.53. The summed E-state index contributed by atoms with van der Waals surface area (Å²) in [4.78, 5) is 26.6. The van der Waals surface area contributed by atoms with Gasteiger partial charge >= 0.3 is 5.69 Å². The van der Waals surface area contributed by atoms with Gasteiger partial charge in [0, 0.05) is 12.6 Å². The van der Waals surface area contributed by atoms with Crippen molar-refractivity contribution >= 4 is 17.3 Å². The Labute approximate surface area is 129 Å². The minimum absolute atomic E-state index is 0.0515. The number of likely N-dealkylation sites (N-methyl/N-ethyl adjacent to an activating group) is 1. The lowest BCUT2D eigenvalue weighted by atomic mass is 10.00. The molecule has 22 heavy (non-hydrogen) atoms. The van der Waals surface area contributed by atoms with E-state index in [9.17, 15) is 14.9 Å². The van der Waals surface area contributed by atoms with Crippen LogP contribution in [0.4, 0.5) is 11.4 Å². The highest BCUT2D eigenvalue weighted by atomic mass is 16.6. The lowest BCUT2D eigenvalue weighted by molar-refractivity contribution is -0.385. The van der Waals surface area contributed by atoms with Crippen LogP contribution in [0.5, 0.6) is 5.75 Å². The Morgan fingerprint density at radius 1 is 1.45 bits per heavy atom. The number of anilines is 1. The van der Waals surface area contributed by atoms with Crippen LogP contribution in [0.15, 0.2) is 12.1 Å². The van der Waals surface area contributed by atoms with Gasteiger partial charge in [0.05, 0.1) is 23.8 Å². The normalized spacial score (nSPS) is 13.9. The zero-order valence-corrected chi connectivity index (χ0v) is 13.2. The molecule has 120 valence electrons. The quantitative estimate of drug-likeness (QED) is 0.613. The van der Waals surface area contributed by atoms with E-state index in [0.717, 1.165) is 18.4 Å². The number of ether oxygens (including phenoxy) is 1. The van der Waals surface area contributed by atoms with Gasteiger partial charge in [-0.1, -0.05) is 0 Å². The van der Waals surface area contributed by atoms with Crippen molar-refractivity contribution in [3.63, 3.8) is 0 Å². The Hall–Kier alpha value is -2.15. The summed E-state index contributed by atoms with van der Waals surface area (Å²) in [6.07, 6.45) is 1.63. The molecule has 0 N–H and O–H groups in total. The first-order valence-electron chi connectivity index (χ1n) is 7.33. The predicted octanol–water partition coefficient (Wildman–Crippen LogP) is 1.83. The van der Waals surface area contributed by atoms with Gasteiger partial charge in [0.25, 0.3) is 0 Å². The molecular formula is C15H21N3O4. The van der Waals surface area contributed by atoms with E-state index in [1.54, 1.807) is 22.8 Å². The molecule has 0 radical (unpaired) electrons. The summed E-state index contributed by atoms with van der Waals surface area (Å²) in [6, 6.07) is 3.17. The molecule has 1 aliphatic rings. The van der Waals surface area contributed by atoms with Gasteiger partial charge in [-0.25, -0.2) is 0 Å². The van der Waals surface area contributed by atoms with Gasteiger partial charge in [-0.05, 0) is 45.5 Å². The number of rotatable bonds is 5. The first-order valence-corrected chi connectivity index (χ1v) is 7.33. The SMILES string of the molecule is CCOc1cc2c(cc1[N+](=O)[O-])N(C(=O)CN(C)C)CCC2. The maximum absolute atomic E-state index is 12.3. The van der Waals surface area contributed by atoms with Crippen LogP contribution in [0.3, 0.4) is 0 Å². The maximum atomic E-state index is 12.3. The van der Waals surface area contributed by atoms with Crippen LogP contribution < -0.4 is 9.64 Å². The highest BCUT2D eigenvalue weighted by molar-refractivity contribution is 5.96. The zero-order chi connectivity index (χ0) is 16.3. The third kappa shape index (κ3) is 3.36. The average Bonchev–Trinajstić information content (AvgIpc) is 2.45. The third-order valence-corrected chi connectivity index (χ3v) is 3.53. The van der Waals surface area contributed by atoms with Crippen LogP contribution in [0.2, 0.25) is 0 Å². The summed E-state index contributed by atoms with van der Waals surface area (Å²) >= 11 is 0. The third-order valence-electron chi connectivity index (χ3n) is 3.53. The fourth-order valence-corrected chi connectivity index (χ4v) is 2.63. The molecule has 0 fully saturated rings. The fraction of sp³-hybridized carbons (Fsp3) is 0.533. The van der Waals surface area contributed by atoms with Crippen molar-refractivity contribution in [1.29, 1.82) is 0 Å². The number of aryl methyl sites for hydroxylation is 1. The molecule has 0 aliphatic carbocycles. The van der Waals surface area contributed by atoms with Crippen LogP contribution in [-0.4, -0.2) is 49.5 Å². The average molecular weight is 307 g/mol. The van der Waals surface area contributed by atoms with Crippen LogP contribution in [0.25, 0.3) is 0 Å². The summed E-state index contributed by atoms with van der Waals surface area (Å²) in [5, 5.41) is 11.3. The standard InChI is InChI=1S/C15H21N3O4/c1-4-22-14-8-11-6-5-7-17(15(19)10-16(2)3)12(11)9-13(14)18(20)21/h8-9H,4-7,10H2,1-3H3. The molecule has 0 aromatic heterocycles. The summed E-state index contributed by atoms with van der Waals surface area (Å²) in [5.74, 6) is 0.220. The Balaban J connectivity index is 2.43. The monoisotopic (exact) mass is 307 g/mol. The van der Waals surface area contributed by atoms with E-state index in [2.05, 4.69) is 0 Å². The van der Waals surface area contributed by atoms with Crippen LogP contribution in [0.1, 0.15) is 18.9 Å². The molecule has 1 aromatic carbocycles. The van der Waals surface area contributed by atoms with E-state index in [1.807, 2.05) is 14.1 Å². The van der Waals surface area contributed by atoms with Gasteiger partial charge in [0.15, 0.2) is 5.75 Å². The minimum atomic E-state index is -0.464. The van der Waals surface area contributed by atoms with Crippen LogP contribution in [0, 0.1) is 10.1 Å². The Morgan fingerprint density at radius 2 is 2.18 bits per heavy atom. The molecule has 0 unspecified atom stereocenters. The summed E-state index contributed by atoms with van der Waals surface area (Å²) in [7, 11) is 3.65. The summed E-state index contributed by atoms with van der Waals surface area (Å²) in [5.41, 5.74) is 1.46. The molecule has 1 aromatic rings. The molecule has 0 bridgehead atoms. The number of nitro groups is 1. The Bertz CT molecular complexity index is 586. The molecule has 0 saturated carbocycles. The second kappa shape index (κ2) is 6.74. The number of carbonyl (C=O) groups is 1. The van der Waals surface area contributed by atoms with Crippen molar-refractivity contribution in [2.75, 3.05) is 38.7 Å². The first kappa shape index (κ1) is 16.2. The Morgan fingerprint density at radius 3 is 2.77 bits per heavy atom. The fourth-order valence-electron chi connectivity index (χ4n) is 2.63. The van der Waals surface area contributed by atoms with E-state index in [1.165, 1.54) is 6.07 Å². The summed E-state index contributed by atoms with van der Waals surface area (Å²) < 4.78 is 5.37.